The molecule has 4 rings (SSSR count). The van der Waals surface area contributed by atoms with E-state index in [1.807, 2.05) is 63.2 Å². The maximum Gasteiger partial charge on any atom is 0.338 e. The SMILES string of the molecule is CCCOc1ccc(C=c2sc3n(c2=O)C(c2ccccc2OC(C)C)C(C(=O)OCC)=C(C)N=3)cc1OC. The molecular weight excluding hydrogens is 516 g/mol. The van der Waals surface area contributed by atoms with Gasteiger partial charge in [-0.25, -0.2) is 9.79 Å². The average molecular weight is 551 g/mol. The quantitative estimate of drug-likeness (QED) is 0.348. The maximum absolute atomic E-state index is 13.9. The minimum atomic E-state index is -0.753. The van der Waals surface area contributed by atoms with Crippen molar-refractivity contribution < 1.29 is 23.7 Å². The van der Waals surface area contributed by atoms with Gasteiger partial charge in [0.25, 0.3) is 5.56 Å². The van der Waals surface area contributed by atoms with Crippen molar-refractivity contribution in [2.24, 2.45) is 4.99 Å². The Bertz CT molecular complexity index is 1570. The van der Waals surface area contributed by atoms with Gasteiger partial charge in [0.05, 0.1) is 42.2 Å². The number of carbonyl (C=O) groups excluding carboxylic acids is 1. The highest BCUT2D eigenvalue weighted by Crippen LogP contribution is 2.36. The fourth-order valence-electron chi connectivity index (χ4n) is 4.41. The van der Waals surface area contributed by atoms with Crippen molar-refractivity contribution in [3.8, 4) is 17.2 Å². The fourth-order valence-corrected chi connectivity index (χ4v) is 5.46. The van der Waals surface area contributed by atoms with Gasteiger partial charge in [-0.2, -0.15) is 0 Å². The summed E-state index contributed by atoms with van der Waals surface area (Å²) in [7, 11) is 1.59. The molecule has 1 aliphatic heterocycles. The van der Waals surface area contributed by atoms with Crippen LogP contribution in [0.1, 0.15) is 58.2 Å². The van der Waals surface area contributed by atoms with E-state index in [0.717, 1.165) is 12.0 Å². The molecule has 0 radical (unpaired) electrons. The van der Waals surface area contributed by atoms with Crippen molar-refractivity contribution in [1.29, 1.82) is 0 Å². The Hall–Kier alpha value is -3.85. The smallest absolute Gasteiger partial charge is 0.338 e. The molecule has 0 aliphatic carbocycles. The highest BCUT2D eigenvalue weighted by atomic mass is 32.1. The Morgan fingerprint density at radius 2 is 1.90 bits per heavy atom. The first-order chi connectivity index (χ1) is 18.8. The predicted molar refractivity (Wildman–Crippen MR) is 151 cm³/mol. The number of esters is 1. The number of fused-ring (bicyclic) bond motifs is 1. The Morgan fingerprint density at radius 1 is 1.13 bits per heavy atom. The molecule has 0 spiro atoms. The summed E-state index contributed by atoms with van der Waals surface area (Å²) < 4.78 is 24.8. The summed E-state index contributed by atoms with van der Waals surface area (Å²) in [6.07, 6.45) is 2.58. The van der Waals surface area contributed by atoms with E-state index in [1.165, 1.54) is 11.3 Å². The van der Waals surface area contributed by atoms with Gasteiger partial charge in [-0.3, -0.25) is 9.36 Å². The summed E-state index contributed by atoms with van der Waals surface area (Å²) in [5, 5.41) is 0. The topological polar surface area (TPSA) is 88.4 Å². The molecule has 2 heterocycles. The van der Waals surface area contributed by atoms with Crippen LogP contribution in [0.4, 0.5) is 0 Å². The van der Waals surface area contributed by atoms with Crippen LogP contribution >= 0.6 is 11.3 Å². The fraction of sp³-hybridized carbons (Fsp3) is 0.367. The lowest BCUT2D eigenvalue weighted by atomic mass is 9.95. The Kier molecular flexibility index (Phi) is 8.91. The first kappa shape index (κ1) is 28.2. The number of aromatic nitrogens is 1. The number of para-hydroxylation sites is 1. The van der Waals surface area contributed by atoms with E-state index in [-0.39, 0.29) is 18.3 Å². The summed E-state index contributed by atoms with van der Waals surface area (Å²) in [4.78, 5) is 32.3. The second-order valence-electron chi connectivity index (χ2n) is 9.27. The van der Waals surface area contributed by atoms with Crippen LogP contribution in [0, 0.1) is 0 Å². The number of hydrogen-bond donors (Lipinski definition) is 0. The second-order valence-corrected chi connectivity index (χ2v) is 10.3. The van der Waals surface area contributed by atoms with Crippen LogP contribution in [-0.2, 0) is 9.53 Å². The maximum atomic E-state index is 13.9. The number of allylic oxidation sites excluding steroid dienone is 1. The molecule has 39 heavy (non-hydrogen) atoms. The van der Waals surface area contributed by atoms with Crippen LogP contribution in [0.15, 0.2) is 63.5 Å². The molecule has 3 aromatic rings. The van der Waals surface area contributed by atoms with E-state index >= 15 is 0 Å². The minimum absolute atomic E-state index is 0.0997. The summed E-state index contributed by atoms with van der Waals surface area (Å²) >= 11 is 1.27. The zero-order valence-corrected chi connectivity index (χ0v) is 24.0. The van der Waals surface area contributed by atoms with E-state index in [4.69, 9.17) is 18.9 Å². The number of rotatable bonds is 10. The summed E-state index contributed by atoms with van der Waals surface area (Å²) in [5.74, 6) is 1.32. The average Bonchev–Trinajstić information content (AvgIpc) is 3.21. The second kappa shape index (κ2) is 12.3. The highest BCUT2D eigenvalue weighted by molar-refractivity contribution is 7.07. The lowest BCUT2D eigenvalue weighted by Gasteiger charge is -2.26. The van der Waals surface area contributed by atoms with E-state index in [9.17, 15) is 9.59 Å². The largest absolute Gasteiger partial charge is 0.493 e. The van der Waals surface area contributed by atoms with Gasteiger partial charge < -0.3 is 18.9 Å². The molecule has 8 nitrogen and oxygen atoms in total. The molecule has 1 atom stereocenters. The molecule has 0 saturated carbocycles. The number of benzene rings is 2. The minimum Gasteiger partial charge on any atom is -0.493 e. The monoisotopic (exact) mass is 550 g/mol. The molecule has 1 aliphatic rings. The molecule has 2 aromatic carbocycles. The molecular formula is C30H34N2O6S. The summed E-state index contributed by atoms with van der Waals surface area (Å²) in [5.41, 5.74) is 2.03. The molecule has 0 bridgehead atoms. The lowest BCUT2D eigenvalue weighted by Crippen LogP contribution is -2.40. The number of hydrogen-bond acceptors (Lipinski definition) is 8. The van der Waals surface area contributed by atoms with Crippen LogP contribution in [-0.4, -0.2) is 37.0 Å². The number of thiazole rings is 1. The van der Waals surface area contributed by atoms with E-state index in [0.29, 0.717) is 50.0 Å². The van der Waals surface area contributed by atoms with Crippen molar-refractivity contribution >= 4 is 23.4 Å². The summed E-state index contributed by atoms with van der Waals surface area (Å²) in [6, 6.07) is 12.2. The molecule has 9 heteroatoms. The van der Waals surface area contributed by atoms with Crippen LogP contribution in [0.25, 0.3) is 6.08 Å². The number of carbonyl (C=O) groups is 1. The Morgan fingerprint density at radius 3 is 2.59 bits per heavy atom. The normalized spacial score (nSPS) is 15.2. The number of nitrogens with zero attached hydrogens (tertiary/aromatic N) is 2. The Balaban J connectivity index is 1.91. The summed E-state index contributed by atoms with van der Waals surface area (Å²) in [6.45, 7) is 10.2. The van der Waals surface area contributed by atoms with E-state index < -0.39 is 12.0 Å². The molecule has 0 N–H and O–H groups in total. The number of ether oxygens (including phenoxy) is 4. The van der Waals surface area contributed by atoms with Crippen LogP contribution in [0.5, 0.6) is 17.2 Å². The van der Waals surface area contributed by atoms with Crippen LogP contribution < -0.4 is 29.1 Å². The van der Waals surface area contributed by atoms with Gasteiger partial charge in [-0.15, -0.1) is 0 Å². The van der Waals surface area contributed by atoms with E-state index in [1.54, 1.807) is 31.6 Å². The molecule has 1 unspecified atom stereocenters. The van der Waals surface area contributed by atoms with Gasteiger partial charge in [-0.05, 0) is 64.0 Å². The van der Waals surface area contributed by atoms with Gasteiger partial charge in [0, 0.05) is 5.56 Å². The molecule has 0 amide bonds. The third-order valence-electron chi connectivity index (χ3n) is 6.04. The zero-order chi connectivity index (χ0) is 28.1. The first-order valence-electron chi connectivity index (χ1n) is 13.0. The van der Waals surface area contributed by atoms with Crippen molar-refractivity contribution in [1.82, 2.24) is 4.57 Å². The highest BCUT2D eigenvalue weighted by Gasteiger charge is 2.35. The lowest BCUT2D eigenvalue weighted by molar-refractivity contribution is -0.139. The van der Waals surface area contributed by atoms with Gasteiger partial charge in [0.2, 0.25) is 0 Å². The molecule has 0 fully saturated rings. The van der Waals surface area contributed by atoms with Gasteiger partial charge in [0.1, 0.15) is 11.8 Å². The predicted octanol–water partition coefficient (Wildman–Crippen LogP) is 4.38. The number of methoxy groups -OCH3 is 1. The van der Waals surface area contributed by atoms with Crippen LogP contribution in [0.3, 0.4) is 0 Å². The van der Waals surface area contributed by atoms with Crippen molar-refractivity contribution in [2.75, 3.05) is 20.3 Å². The van der Waals surface area contributed by atoms with Gasteiger partial charge in [0.15, 0.2) is 16.3 Å². The molecule has 1 aromatic heterocycles. The van der Waals surface area contributed by atoms with Crippen molar-refractivity contribution in [3.05, 3.63) is 84.5 Å². The van der Waals surface area contributed by atoms with Crippen molar-refractivity contribution in [2.45, 2.75) is 53.2 Å². The third kappa shape index (κ3) is 5.93. The Labute approximate surface area is 231 Å². The first-order valence-corrected chi connectivity index (χ1v) is 13.9. The third-order valence-corrected chi connectivity index (χ3v) is 7.02. The van der Waals surface area contributed by atoms with E-state index in [2.05, 4.69) is 4.99 Å². The van der Waals surface area contributed by atoms with Gasteiger partial charge in [-0.1, -0.05) is 42.5 Å². The molecule has 0 saturated heterocycles. The molecule has 206 valence electrons. The van der Waals surface area contributed by atoms with Gasteiger partial charge >= 0.3 is 5.97 Å². The standard InChI is InChI=1S/C30H34N2O6S/c1-7-15-37-23-14-13-20(16-24(23)35-6)17-25-28(33)32-27(21-11-9-10-12-22(21)38-18(3)4)26(29(34)36-8-2)19(5)31-30(32)39-25/h9-14,16-18,27H,7-8,15H2,1-6H3. The zero-order valence-electron chi connectivity index (χ0n) is 23.1. The van der Waals surface area contributed by atoms with Crippen molar-refractivity contribution in [3.63, 3.8) is 0 Å². The van der Waals surface area contributed by atoms with Crippen LogP contribution in [0.2, 0.25) is 0 Å².